The fourth-order valence-corrected chi connectivity index (χ4v) is 2.13. The van der Waals surface area contributed by atoms with Gasteiger partial charge in [0.05, 0.1) is 18.3 Å². The second kappa shape index (κ2) is 5.76. The van der Waals surface area contributed by atoms with E-state index >= 15 is 0 Å². The van der Waals surface area contributed by atoms with Gasteiger partial charge in [0.15, 0.2) is 0 Å². The Labute approximate surface area is 121 Å². The van der Waals surface area contributed by atoms with Gasteiger partial charge in [-0.1, -0.05) is 24.3 Å². The molecule has 0 bridgehead atoms. The number of H-pyrrole nitrogens is 1. The summed E-state index contributed by atoms with van der Waals surface area (Å²) in [6.45, 7) is 0.477. The maximum absolute atomic E-state index is 12.1. The zero-order valence-corrected chi connectivity index (χ0v) is 11.3. The molecule has 0 aliphatic rings. The Balaban J connectivity index is 1.67. The Morgan fingerprint density at radius 3 is 2.67 bits per heavy atom. The third-order valence-electron chi connectivity index (χ3n) is 3.36. The molecule has 0 spiro atoms. The van der Waals surface area contributed by atoms with E-state index in [2.05, 4.69) is 15.5 Å². The third kappa shape index (κ3) is 2.93. The summed E-state index contributed by atoms with van der Waals surface area (Å²) in [6.07, 6.45) is 1.69. The summed E-state index contributed by atoms with van der Waals surface area (Å²) >= 11 is 0. The number of rotatable bonds is 4. The van der Waals surface area contributed by atoms with E-state index in [1.807, 2.05) is 36.4 Å². The van der Waals surface area contributed by atoms with Crippen molar-refractivity contribution in [2.45, 2.75) is 13.2 Å². The molecule has 0 aliphatic carbocycles. The summed E-state index contributed by atoms with van der Waals surface area (Å²) < 4.78 is 0. The highest BCUT2D eigenvalue weighted by molar-refractivity contribution is 5.97. The van der Waals surface area contributed by atoms with Crippen LogP contribution in [-0.2, 0) is 13.2 Å². The number of hydrogen-bond acceptors (Lipinski definition) is 3. The van der Waals surface area contributed by atoms with Gasteiger partial charge in [-0.3, -0.25) is 9.89 Å². The predicted octanol–water partition coefficient (Wildman–Crippen LogP) is 1.99. The third-order valence-corrected chi connectivity index (χ3v) is 3.36. The van der Waals surface area contributed by atoms with Gasteiger partial charge in [-0.15, -0.1) is 0 Å². The molecular formula is C16H15N3O2. The Hall–Kier alpha value is -2.66. The van der Waals surface area contributed by atoms with E-state index in [1.165, 1.54) is 0 Å². The molecule has 0 unspecified atom stereocenters. The van der Waals surface area contributed by atoms with Crippen molar-refractivity contribution in [3.63, 3.8) is 0 Å². The highest BCUT2D eigenvalue weighted by Gasteiger charge is 2.07. The summed E-state index contributed by atoms with van der Waals surface area (Å²) in [7, 11) is 0. The van der Waals surface area contributed by atoms with Crippen molar-refractivity contribution in [1.29, 1.82) is 0 Å². The molecule has 0 saturated carbocycles. The molecule has 3 rings (SSSR count). The van der Waals surface area contributed by atoms with Crippen LogP contribution >= 0.6 is 0 Å². The number of amides is 1. The van der Waals surface area contributed by atoms with E-state index < -0.39 is 0 Å². The predicted molar refractivity (Wildman–Crippen MR) is 79.6 cm³/mol. The van der Waals surface area contributed by atoms with E-state index in [9.17, 15) is 4.79 Å². The lowest BCUT2D eigenvalue weighted by Crippen LogP contribution is -2.22. The fraction of sp³-hybridized carbons (Fsp3) is 0.125. The number of aromatic nitrogens is 2. The minimum absolute atomic E-state index is 0.0252. The lowest BCUT2D eigenvalue weighted by atomic mass is 10.1. The van der Waals surface area contributed by atoms with E-state index in [0.29, 0.717) is 12.1 Å². The van der Waals surface area contributed by atoms with Crippen LogP contribution in [0.4, 0.5) is 0 Å². The van der Waals surface area contributed by atoms with E-state index in [0.717, 1.165) is 22.0 Å². The molecule has 21 heavy (non-hydrogen) atoms. The van der Waals surface area contributed by atoms with Crippen molar-refractivity contribution >= 4 is 16.8 Å². The number of hydrogen-bond donors (Lipinski definition) is 3. The number of carbonyl (C=O) groups excluding carboxylic acids is 1. The standard InChI is InChI=1S/C16H15N3O2/c20-10-12-3-1-11(2-4-12)8-17-16(21)13-5-6-15-14(7-13)9-18-19-15/h1-7,9,20H,8,10H2,(H,17,21)(H,18,19). The number of nitrogens with one attached hydrogen (secondary N) is 2. The lowest BCUT2D eigenvalue weighted by Gasteiger charge is -2.06. The normalized spacial score (nSPS) is 10.7. The SMILES string of the molecule is O=C(NCc1ccc(CO)cc1)c1ccc2[nH]ncc2c1. The number of aliphatic hydroxyl groups is 1. The van der Waals surface area contributed by atoms with Crippen LogP contribution < -0.4 is 5.32 Å². The van der Waals surface area contributed by atoms with Crippen molar-refractivity contribution < 1.29 is 9.90 Å². The number of fused-ring (bicyclic) bond motifs is 1. The van der Waals surface area contributed by atoms with Crippen molar-refractivity contribution in [2.24, 2.45) is 0 Å². The molecule has 0 atom stereocenters. The van der Waals surface area contributed by atoms with Crippen LogP contribution in [0.25, 0.3) is 10.9 Å². The number of nitrogens with zero attached hydrogens (tertiary/aromatic N) is 1. The Kier molecular flexibility index (Phi) is 3.66. The monoisotopic (exact) mass is 281 g/mol. The number of benzene rings is 2. The number of aromatic amines is 1. The highest BCUT2D eigenvalue weighted by atomic mass is 16.3. The molecule has 3 aromatic rings. The summed E-state index contributed by atoms with van der Waals surface area (Å²) in [5, 5.41) is 19.6. The maximum Gasteiger partial charge on any atom is 0.251 e. The molecule has 3 N–H and O–H groups in total. The van der Waals surface area contributed by atoms with Crippen molar-refractivity contribution in [1.82, 2.24) is 15.5 Å². The Bertz CT molecular complexity index is 763. The van der Waals surface area contributed by atoms with E-state index in [4.69, 9.17) is 5.11 Å². The summed E-state index contributed by atoms with van der Waals surface area (Å²) in [6, 6.07) is 12.9. The van der Waals surface area contributed by atoms with E-state index in [1.54, 1.807) is 12.3 Å². The van der Waals surface area contributed by atoms with Crippen LogP contribution in [0.5, 0.6) is 0 Å². The molecule has 1 heterocycles. The second-order valence-corrected chi connectivity index (χ2v) is 4.83. The van der Waals surface area contributed by atoms with Gasteiger partial charge in [-0.05, 0) is 29.3 Å². The first-order valence-corrected chi connectivity index (χ1v) is 6.66. The molecule has 1 amide bonds. The van der Waals surface area contributed by atoms with Crippen molar-refractivity contribution in [3.8, 4) is 0 Å². The van der Waals surface area contributed by atoms with Gasteiger partial charge in [-0.25, -0.2) is 0 Å². The van der Waals surface area contributed by atoms with Gasteiger partial charge in [0.2, 0.25) is 0 Å². The minimum Gasteiger partial charge on any atom is -0.392 e. The van der Waals surface area contributed by atoms with E-state index in [-0.39, 0.29) is 12.5 Å². The first-order valence-electron chi connectivity index (χ1n) is 6.66. The van der Waals surface area contributed by atoms with Gasteiger partial charge in [0.25, 0.3) is 5.91 Å². The zero-order valence-electron chi connectivity index (χ0n) is 11.3. The topological polar surface area (TPSA) is 78.0 Å². The van der Waals surface area contributed by atoms with Gasteiger partial charge in [0.1, 0.15) is 0 Å². The average Bonchev–Trinajstić information content (AvgIpc) is 3.00. The van der Waals surface area contributed by atoms with Crippen LogP contribution in [-0.4, -0.2) is 21.2 Å². The number of aliphatic hydroxyl groups excluding tert-OH is 1. The number of carbonyl (C=O) groups is 1. The van der Waals surface area contributed by atoms with Crippen molar-refractivity contribution in [3.05, 3.63) is 65.4 Å². The summed E-state index contributed by atoms with van der Waals surface area (Å²) in [4.78, 5) is 12.1. The molecule has 5 heteroatoms. The zero-order chi connectivity index (χ0) is 14.7. The average molecular weight is 281 g/mol. The largest absolute Gasteiger partial charge is 0.392 e. The molecular weight excluding hydrogens is 266 g/mol. The van der Waals surface area contributed by atoms with Gasteiger partial charge < -0.3 is 10.4 Å². The summed E-state index contributed by atoms with van der Waals surface area (Å²) in [5.74, 6) is -0.121. The van der Waals surface area contributed by atoms with Gasteiger partial charge in [-0.2, -0.15) is 5.10 Å². The molecule has 0 radical (unpaired) electrons. The molecule has 5 nitrogen and oxygen atoms in total. The van der Waals surface area contributed by atoms with Gasteiger partial charge in [0, 0.05) is 17.5 Å². The molecule has 0 saturated heterocycles. The molecule has 2 aromatic carbocycles. The first-order chi connectivity index (χ1) is 10.3. The first kappa shape index (κ1) is 13.3. The molecule has 1 aromatic heterocycles. The molecule has 0 aliphatic heterocycles. The van der Waals surface area contributed by atoms with Crippen LogP contribution in [0.15, 0.2) is 48.7 Å². The molecule has 106 valence electrons. The van der Waals surface area contributed by atoms with Crippen LogP contribution in [0.2, 0.25) is 0 Å². The maximum atomic E-state index is 12.1. The van der Waals surface area contributed by atoms with Crippen molar-refractivity contribution in [2.75, 3.05) is 0 Å². The minimum atomic E-state index is -0.121. The lowest BCUT2D eigenvalue weighted by molar-refractivity contribution is 0.0951. The smallest absolute Gasteiger partial charge is 0.251 e. The Morgan fingerprint density at radius 1 is 1.14 bits per heavy atom. The summed E-state index contributed by atoms with van der Waals surface area (Å²) in [5.41, 5.74) is 3.36. The van der Waals surface area contributed by atoms with Crippen LogP contribution in [0.1, 0.15) is 21.5 Å². The second-order valence-electron chi connectivity index (χ2n) is 4.83. The van der Waals surface area contributed by atoms with Crippen LogP contribution in [0, 0.1) is 0 Å². The highest BCUT2D eigenvalue weighted by Crippen LogP contribution is 2.13. The Morgan fingerprint density at radius 2 is 1.90 bits per heavy atom. The molecule has 0 fully saturated rings. The quantitative estimate of drug-likeness (QED) is 0.684. The van der Waals surface area contributed by atoms with Crippen LogP contribution in [0.3, 0.4) is 0 Å². The van der Waals surface area contributed by atoms with Gasteiger partial charge >= 0.3 is 0 Å². The fourth-order valence-electron chi connectivity index (χ4n) is 2.13.